The summed E-state index contributed by atoms with van der Waals surface area (Å²) in [4.78, 5) is 3.71. The molecule has 0 saturated carbocycles. The molecule has 0 aliphatic heterocycles. The third kappa shape index (κ3) is 1.93. The molecule has 0 aliphatic carbocycles. The summed E-state index contributed by atoms with van der Waals surface area (Å²) < 4.78 is 50.3. The van der Waals surface area contributed by atoms with Crippen LogP contribution < -0.4 is 5.73 Å². The van der Waals surface area contributed by atoms with Gasteiger partial charge in [0.25, 0.3) is 0 Å². The summed E-state index contributed by atoms with van der Waals surface area (Å²) in [6, 6.07) is 3.38. The van der Waals surface area contributed by atoms with Gasteiger partial charge in [0.2, 0.25) is 5.95 Å². The number of anilines is 1. The van der Waals surface area contributed by atoms with E-state index in [1.807, 2.05) is 0 Å². The second kappa shape index (κ2) is 3.36. The minimum absolute atomic E-state index is 0.0369. The highest BCUT2D eigenvalue weighted by atomic mass is 19.4. The number of halogens is 4. The summed E-state index contributed by atoms with van der Waals surface area (Å²) in [6.45, 7) is -1.28. The minimum atomic E-state index is -4.42. The largest absolute Gasteiger partial charge is 0.406 e. The third-order valence-corrected chi connectivity index (χ3v) is 2.08. The van der Waals surface area contributed by atoms with E-state index in [0.717, 1.165) is 16.7 Å². The Morgan fingerprint density at radius 2 is 2.00 bits per heavy atom. The standard InChI is InChI=1S/C9H7F4N3/c10-5-1-2-6-7(3-5)16(8(14)15-6)4-9(11,12)13/h1-3H,4H2,(H2,14,15). The molecule has 0 saturated heterocycles. The van der Waals surface area contributed by atoms with E-state index in [1.54, 1.807) is 0 Å². The Bertz CT molecular complexity index is 529. The molecular weight excluding hydrogens is 226 g/mol. The highest BCUT2D eigenvalue weighted by Crippen LogP contribution is 2.24. The Kier molecular flexibility index (Phi) is 2.25. The summed E-state index contributed by atoms with van der Waals surface area (Å²) in [5.41, 5.74) is 5.62. The molecule has 1 heterocycles. The smallest absolute Gasteiger partial charge is 0.369 e. The summed E-state index contributed by atoms with van der Waals surface area (Å²) in [5, 5.41) is 0. The Morgan fingerprint density at radius 1 is 1.31 bits per heavy atom. The Balaban J connectivity index is 2.58. The lowest BCUT2D eigenvalue weighted by molar-refractivity contribution is -0.139. The van der Waals surface area contributed by atoms with Crippen molar-refractivity contribution < 1.29 is 17.6 Å². The molecule has 2 aromatic rings. The van der Waals surface area contributed by atoms with Crippen LogP contribution in [-0.2, 0) is 6.54 Å². The molecule has 0 fully saturated rings. The summed E-state index contributed by atoms with van der Waals surface area (Å²) >= 11 is 0. The van der Waals surface area contributed by atoms with Gasteiger partial charge in [-0.1, -0.05) is 0 Å². The van der Waals surface area contributed by atoms with E-state index in [1.165, 1.54) is 6.07 Å². The van der Waals surface area contributed by atoms with Crippen LogP contribution in [-0.4, -0.2) is 15.7 Å². The van der Waals surface area contributed by atoms with Crippen LogP contribution in [0.1, 0.15) is 0 Å². The maximum Gasteiger partial charge on any atom is 0.406 e. The Morgan fingerprint density at radius 3 is 2.62 bits per heavy atom. The number of fused-ring (bicyclic) bond motifs is 1. The normalized spacial score (nSPS) is 12.2. The number of nitrogens with two attached hydrogens (primary N) is 1. The topological polar surface area (TPSA) is 43.8 Å². The van der Waals surface area contributed by atoms with E-state index in [9.17, 15) is 17.6 Å². The second-order valence-electron chi connectivity index (χ2n) is 3.30. The van der Waals surface area contributed by atoms with Gasteiger partial charge in [0.05, 0.1) is 11.0 Å². The van der Waals surface area contributed by atoms with Crippen LogP contribution in [0.4, 0.5) is 23.5 Å². The molecule has 86 valence electrons. The predicted octanol–water partition coefficient (Wildman–Crippen LogP) is 2.32. The first-order valence-electron chi connectivity index (χ1n) is 4.35. The van der Waals surface area contributed by atoms with Crippen LogP contribution in [0.3, 0.4) is 0 Å². The molecule has 0 unspecified atom stereocenters. The number of hydrogen-bond acceptors (Lipinski definition) is 2. The van der Waals surface area contributed by atoms with Gasteiger partial charge in [0.1, 0.15) is 12.4 Å². The third-order valence-electron chi connectivity index (χ3n) is 2.08. The zero-order chi connectivity index (χ0) is 11.9. The lowest BCUT2D eigenvalue weighted by atomic mass is 10.3. The van der Waals surface area contributed by atoms with E-state index in [2.05, 4.69) is 4.98 Å². The van der Waals surface area contributed by atoms with Gasteiger partial charge in [0.15, 0.2) is 0 Å². The van der Waals surface area contributed by atoms with Crippen LogP contribution in [0.25, 0.3) is 11.0 Å². The maximum absolute atomic E-state index is 12.9. The van der Waals surface area contributed by atoms with Crippen molar-refractivity contribution in [1.82, 2.24) is 9.55 Å². The number of imidazole rings is 1. The molecule has 0 spiro atoms. The molecule has 0 atom stereocenters. The Labute approximate surface area is 87.5 Å². The van der Waals surface area contributed by atoms with Crippen molar-refractivity contribution in [3.05, 3.63) is 24.0 Å². The zero-order valence-electron chi connectivity index (χ0n) is 7.92. The van der Waals surface area contributed by atoms with Crippen molar-refractivity contribution in [2.75, 3.05) is 5.73 Å². The van der Waals surface area contributed by atoms with Crippen LogP contribution in [0.15, 0.2) is 18.2 Å². The molecule has 0 radical (unpaired) electrons. The van der Waals surface area contributed by atoms with E-state index < -0.39 is 18.5 Å². The fourth-order valence-electron chi connectivity index (χ4n) is 1.46. The molecule has 1 aromatic heterocycles. The monoisotopic (exact) mass is 233 g/mol. The highest BCUT2D eigenvalue weighted by molar-refractivity contribution is 5.78. The first kappa shape index (κ1) is 10.7. The summed E-state index contributed by atoms with van der Waals surface area (Å²) in [6.07, 6.45) is -4.42. The molecule has 0 bridgehead atoms. The number of nitrogens with zero attached hydrogens (tertiary/aromatic N) is 2. The summed E-state index contributed by atoms with van der Waals surface area (Å²) in [5.74, 6) is -0.909. The number of benzene rings is 1. The van der Waals surface area contributed by atoms with E-state index >= 15 is 0 Å². The van der Waals surface area contributed by atoms with E-state index in [0.29, 0.717) is 0 Å². The molecule has 2 N–H and O–H groups in total. The van der Waals surface area contributed by atoms with Crippen molar-refractivity contribution in [3.63, 3.8) is 0 Å². The van der Waals surface area contributed by atoms with E-state index in [4.69, 9.17) is 5.73 Å². The van der Waals surface area contributed by atoms with Crippen LogP contribution in [0.2, 0.25) is 0 Å². The molecular formula is C9H7F4N3. The number of hydrogen-bond donors (Lipinski definition) is 1. The van der Waals surface area contributed by atoms with Gasteiger partial charge in [-0.25, -0.2) is 9.37 Å². The van der Waals surface area contributed by atoms with Gasteiger partial charge in [-0.3, -0.25) is 0 Å². The van der Waals surface area contributed by atoms with Gasteiger partial charge in [-0.15, -0.1) is 0 Å². The molecule has 1 aromatic carbocycles. The first-order valence-corrected chi connectivity index (χ1v) is 4.35. The molecule has 16 heavy (non-hydrogen) atoms. The molecule has 3 nitrogen and oxygen atoms in total. The zero-order valence-corrected chi connectivity index (χ0v) is 7.92. The van der Waals surface area contributed by atoms with Crippen molar-refractivity contribution in [3.8, 4) is 0 Å². The van der Waals surface area contributed by atoms with Gasteiger partial charge < -0.3 is 10.3 Å². The SMILES string of the molecule is Nc1nc2ccc(F)cc2n1CC(F)(F)F. The summed E-state index contributed by atoms with van der Waals surface area (Å²) in [7, 11) is 0. The average Bonchev–Trinajstić information content (AvgIpc) is 2.42. The number of nitrogen functional groups attached to an aromatic ring is 1. The van der Waals surface area contributed by atoms with Crippen LogP contribution in [0, 0.1) is 5.82 Å². The Hall–Kier alpha value is -1.79. The lowest BCUT2D eigenvalue weighted by Gasteiger charge is -2.09. The van der Waals surface area contributed by atoms with Crippen molar-refractivity contribution in [2.24, 2.45) is 0 Å². The molecule has 0 aliphatic rings. The van der Waals surface area contributed by atoms with Crippen molar-refractivity contribution >= 4 is 17.0 Å². The fourth-order valence-corrected chi connectivity index (χ4v) is 1.46. The fraction of sp³-hybridized carbons (Fsp3) is 0.222. The van der Waals surface area contributed by atoms with Gasteiger partial charge in [-0.05, 0) is 18.2 Å². The van der Waals surface area contributed by atoms with Crippen molar-refractivity contribution in [2.45, 2.75) is 12.7 Å². The quantitative estimate of drug-likeness (QED) is 0.768. The van der Waals surface area contributed by atoms with Gasteiger partial charge in [-0.2, -0.15) is 13.2 Å². The van der Waals surface area contributed by atoms with Gasteiger partial charge in [0, 0.05) is 0 Å². The number of aromatic nitrogens is 2. The van der Waals surface area contributed by atoms with Crippen LogP contribution >= 0.6 is 0 Å². The first-order chi connectivity index (χ1) is 7.37. The number of alkyl halides is 3. The highest BCUT2D eigenvalue weighted by Gasteiger charge is 2.29. The maximum atomic E-state index is 12.9. The molecule has 0 amide bonds. The van der Waals surface area contributed by atoms with E-state index in [-0.39, 0.29) is 17.0 Å². The molecule has 2 rings (SSSR count). The predicted molar refractivity (Wildman–Crippen MR) is 50.2 cm³/mol. The van der Waals surface area contributed by atoms with Crippen molar-refractivity contribution in [1.29, 1.82) is 0 Å². The van der Waals surface area contributed by atoms with Gasteiger partial charge >= 0.3 is 6.18 Å². The minimum Gasteiger partial charge on any atom is -0.369 e. The second-order valence-corrected chi connectivity index (χ2v) is 3.30. The number of rotatable bonds is 1. The average molecular weight is 233 g/mol. The lowest BCUT2D eigenvalue weighted by Crippen LogP contribution is -2.19. The molecule has 7 heteroatoms. The van der Waals surface area contributed by atoms with Crippen LogP contribution in [0.5, 0.6) is 0 Å².